The Morgan fingerprint density at radius 1 is 0.970 bits per heavy atom. The Morgan fingerprint density at radius 3 is 2.30 bits per heavy atom. The Labute approximate surface area is 191 Å². The van der Waals surface area contributed by atoms with Crippen LogP contribution in [0.25, 0.3) is 11.0 Å². The number of esters is 1. The second-order valence-electron chi connectivity index (χ2n) is 7.85. The highest BCUT2D eigenvalue weighted by atomic mass is 16.5. The Hall–Kier alpha value is -4.01. The van der Waals surface area contributed by atoms with Gasteiger partial charge in [0.1, 0.15) is 17.1 Å². The fourth-order valence-corrected chi connectivity index (χ4v) is 3.52. The standard InChI is InChI=1S/C24H28N4O5/c1-2-3-7-21(30)32-14-8-9-15-19(12-14)33-18(5-4-6-20(27)29)22(15)24(31)13-10-16(25)23(28)17(26)11-13/h8-12H,2-7,25-26,28H2,1H3,(H2,27,29). The molecule has 0 saturated heterocycles. The fourth-order valence-electron chi connectivity index (χ4n) is 3.52. The molecular weight excluding hydrogens is 424 g/mol. The molecule has 1 amide bonds. The van der Waals surface area contributed by atoms with Crippen LogP contribution in [0.2, 0.25) is 0 Å². The number of primary amides is 1. The minimum absolute atomic E-state index is 0.146. The summed E-state index contributed by atoms with van der Waals surface area (Å²) in [5.74, 6) is -0.428. The first-order valence-electron chi connectivity index (χ1n) is 10.7. The number of hydrogen-bond acceptors (Lipinski definition) is 8. The molecule has 9 nitrogen and oxygen atoms in total. The van der Waals surface area contributed by atoms with Crippen molar-refractivity contribution in [2.45, 2.75) is 45.4 Å². The number of rotatable bonds is 10. The number of nitrogen functional groups attached to an aromatic ring is 3. The van der Waals surface area contributed by atoms with Gasteiger partial charge in [0.05, 0.1) is 22.6 Å². The number of carbonyl (C=O) groups excluding carboxylic acids is 3. The smallest absolute Gasteiger partial charge is 0.311 e. The summed E-state index contributed by atoms with van der Waals surface area (Å²) in [6.45, 7) is 1.99. The van der Waals surface area contributed by atoms with Gasteiger partial charge in [0, 0.05) is 36.3 Å². The quantitative estimate of drug-likeness (QED) is 0.156. The van der Waals surface area contributed by atoms with Crippen molar-refractivity contribution in [2.24, 2.45) is 5.73 Å². The molecule has 9 heteroatoms. The molecule has 0 aliphatic heterocycles. The van der Waals surface area contributed by atoms with E-state index in [2.05, 4.69) is 0 Å². The van der Waals surface area contributed by atoms with Gasteiger partial charge in [0.15, 0.2) is 5.78 Å². The van der Waals surface area contributed by atoms with Gasteiger partial charge in [-0.2, -0.15) is 0 Å². The van der Waals surface area contributed by atoms with Crippen molar-refractivity contribution in [1.82, 2.24) is 0 Å². The zero-order chi connectivity index (χ0) is 24.1. The molecule has 0 saturated carbocycles. The lowest BCUT2D eigenvalue weighted by Crippen LogP contribution is -2.11. The van der Waals surface area contributed by atoms with Crippen LogP contribution in [-0.4, -0.2) is 17.7 Å². The summed E-state index contributed by atoms with van der Waals surface area (Å²) in [5, 5.41) is 0.538. The first-order chi connectivity index (χ1) is 15.7. The van der Waals surface area contributed by atoms with Gasteiger partial charge in [-0.05, 0) is 37.1 Å². The number of furan rings is 1. The topological polar surface area (TPSA) is 178 Å². The molecule has 2 aromatic carbocycles. The summed E-state index contributed by atoms with van der Waals surface area (Å²) in [5.41, 5.74) is 24.4. The number of ketones is 1. The number of carbonyl (C=O) groups is 3. The predicted octanol–water partition coefficient (Wildman–Crippen LogP) is 3.31. The van der Waals surface area contributed by atoms with Crippen molar-refractivity contribution in [3.05, 3.63) is 47.2 Å². The van der Waals surface area contributed by atoms with Crippen LogP contribution in [0.4, 0.5) is 17.1 Å². The summed E-state index contributed by atoms with van der Waals surface area (Å²) >= 11 is 0. The number of nitrogens with two attached hydrogens (primary N) is 4. The Kier molecular flexibility index (Phi) is 7.22. The van der Waals surface area contributed by atoms with Gasteiger partial charge in [-0.15, -0.1) is 0 Å². The van der Waals surface area contributed by atoms with Crippen LogP contribution in [0.1, 0.15) is 60.7 Å². The van der Waals surface area contributed by atoms with Crippen LogP contribution in [-0.2, 0) is 16.0 Å². The number of unbranched alkanes of at least 4 members (excludes halogenated alkanes) is 1. The van der Waals surface area contributed by atoms with Gasteiger partial charge < -0.3 is 32.1 Å². The molecule has 0 aliphatic carbocycles. The number of fused-ring (bicyclic) bond motifs is 1. The second-order valence-corrected chi connectivity index (χ2v) is 7.85. The minimum Gasteiger partial charge on any atom is -0.460 e. The number of amides is 1. The molecule has 174 valence electrons. The van der Waals surface area contributed by atoms with Gasteiger partial charge in [-0.1, -0.05) is 13.3 Å². The van der Waals surface area contributed by atoms with E-state index in [1.807, 2.05) is 6.92 Å². The highest BCUT2D eigenvalue weighted by molar-refractivity contribution is 6.18. The summed E-state index contributed by atoms with van der Waals surface area (Å²) < 4.78 is 11.3. The maximum Gasteiger partial charge on any atom is 0.311 e. The average molecular weight is 453 g/mol. The van der Waals surface area contributed by atoms with Crippen LogP contribution < -0.4 is 27.7 Å². The molecule has 1 aromatic heterocycles. The van der Waals surface area contributed by atoms with E-state index in [0.29, 0.717) is 47.3 Å². The highest BCUT2D eigenvalue weighted by Crippen LogP contribution is 2.34. The van der Waals surface area contributed by atoms with Gasteiger partial charge in [-0.25, -0.2) is 0 Å². The van der Waals surface area contributed by atoms with Crippen molar-refractivity contribution in [3.8, 4) is 5.75 Å². The van der Waals surface area contributed by atoms with E-state index >= 15 is 0 Å². The van der Waals surface area contributed by atoms with E-state index in [9.17, 15) is 14.4 Å². The zero-order valence-corrected chi connectivity index (χ0v) is 18.5. The van der Waals surface area contributed by atoms with Crippen molar-refractivity contribution in [1.29, 1.82) is 0 Å². The SMILES string of the molecule is CCCCC(=O)Oc1ccc2c(C(=O)c3cc(N)c(N)c(N)c3)c(CCCC(N)=O)oc2c1. The molecule has 0 aliphatic rings. The second kappa shape index (κ2) is 10.1. The molecule has 0 atom stereocenters. The highest BCUT2D eigenvalue weighted by Gasteiger charge is 2.24. The van der Waals surface area contributed by atoms with Crippen molar-refractivity contribution < 1.29 is 23.5 Å². The molecule has 0 spiro atoms. The normalized spacial score (nSPS) is 10.9. The lowest BCUT2D eigenvalue weighted by atomic mass is 9.97. The van der Waals surface area contributed by atoms with Gasteiger partial charge >= 0.3 is 5.97 Å². The van der Waals surface area contributed by atoms with Crippen LogP contribution >= 0.6 is 0 Å². The Balaban J connectivity index is 2.02. The summed E-state index contributed by atoms with van der Waals surface area (Å²) in [6.07, 6.45) is 2.79. The molecule has 0 bridgehead atoms. The van der Waals surface area contributed by atoms with Crippen molar-refractivity contribution in [2.75, 3.05) is 17.2 Å². The molecule has 0 fully saturated rings. The van der Waals surface area contributed by atoms with E-state index in [4.69, 9.17) is 32.1 Å². The van der Waals surface area contributed by atoms with Gasteiger partial charge in [-0.3, -0.25) is 14.4 Å². The van der Waals surface area contributed by atoms with Crippen molar-refractivity contribution >= 4 is 45.7 Å². The monoisotopic (exact) mass is 452 g/mol. The van der Waals surface area contributed by atoms with Gasteiger partial charge in [0.25, 0.3) is 0 Å². The molecule has 0 unspecified atom stereocenters. The predicted molar refractivity (Wildman–Crippen MR) is 127 cm³/mol. The number of hydrogen-bond donors (Lipinski definition) is 4. The molecular formula is C24H28N4O5. The first kappa shape index (κ1) is 23.6. The van der Waals surface area contributed by atoms with E-state index in [-0.39, 0.29) is 40.8 Å². The lowest BCUT2D eigenvalue weighted by Gasteiger charge is -2.08. The van der Waals surface area contributed by atoms with E-state index < -0.39 is 5.91 Å². The number of benzene rings is 2. The molecule has 3 rings (SSSR count). The number of anilines is 3. The van der Waals surface area contributed by atoms with Crippen LogP contribution in [0.5, 0.6) is 5.75 Å². The lowest BCUT2D eigenvalue weighted by molar-refractivity contribution is -0.134. The average Bonchev–Trinajstić information content (AvgIpc) is 3.12. The van der Waals surface area contributed by atoms with E-state index in [1.54, 1.807) is 18.2 Å². The molecule has 3 aromatic rings. The zero-order valence-electron chi connectivity index (χ0n) is 18.5. The number of aryl methyl sites for hydroxylation is 1. The molecule has 8 N–H and O–H groups in total. The Morgan fingerprint density at radius 2 is 1.67 bits per heavy atom. The fraction of sp³-hybridized carbons (Fsp3) is 0.292. The van der Waals surface area contributed by atoms with Gasteiger partial charge in [0.2, 0.25) is 5.91 Å². The third-order valence-corrected chi connectivity index (χ3v) is 5.26. The van der Waals surface area contributed by atoms with Crippen LogP contribution in [0, 0.1) is 0 Å². The Bertz CT molecular complexity index is 1190. The minimum atomic E-state index is -0.445. The summed E-state index contributed by atoms with van der Waals surface area (Å²) in [6, 6.07) is 7.76. The molecule has 1 heterocycles. The summed E-state index contributed by atoms with van der Waals surface area (Å²) in [4.78, 5) is 36.6. The van der Waals surface area contributed by atoms with Crippen molar-refractivity contribution in [3.63, 3.8) is 0 Å². The van der Waals surface area contributed by atoms with E-state index in [0.717, 1.165) is 12.8 Å². The third kappa shape index (κ3) is 5.43. The maximum absolute atomic E-state index is 13.4. The molecule has 33 heavy (non-hydrogen) atoms. The third-order valence-electron chi connectivity index (χ3n) is 5.26. The molecule has 0 radical (unpaired) electrons. The van der Waals surface area contributed by atoms with Crippen LogP contribution in [0.15, 0.2) is 34.7 Å². The van der Waals surface area contributed by atoms with Crippen LogP contribution in [0.3, 0.4) is 0 Å². The van der Waals surface area contributed by atoms with E-state index in [1.165, 1.54) is 12.1 Å². The largest absolute Gasteiger partial charge is 0.460 e. The first-order valence-corrected chi connectivity index (χ1v) is 10.7. The maximum atomic E-state index is 13.4. The summed E-state index contributed by atoms with van der Waals surface area (Å²) in [7, 11) is 0. The number of ether oxygens (including phenoxy) is 1.